The number of aromatic nitrogens is 1. The van der Waals surface area contributed by atoms with E-state index in [1.165, 1.54) is 17.3 Å². The second kappa shape index (κ2) is 9.73. The summed E-state index contributed by atoms with van der Waals surface area (Å²) in [5, 5.41) is 5.05. The second-order valence-corrected chi connectivity index (χ2v) is 9.38. The van der Waals surface area contributed by atoms with E-state index >= 15 is 0 Å². The fourth-order valence-electron chi connectivity index (χ4n) is 3.11. The van der Waals surface area contributed by atoms with Crippen LogP contribution in [0, 0.1) is 20.8 Å². The summed E-state index contributed by atoms with van der Waals surface area (Å²) in [5.41, 5.74) is 7.61. The average molecular weight is 460 g/mol. The zero-order valence-electron chi connectivity index (χ0n) is 17.2. The van der Waals surface area contributed by atoms with E-state index in [-0.39, 0.29) is 11.2 Å². The highest BCUT2D eigenvalue weighted by molar-refractivity contribution is 8.00. The molecular formula is C23H23Cl2N3OS. The van der Waals surface area contributed by atoms with E-state index in [1.807, 2.05) is 70.2 Å². The van der Waals surface area contributed by atoms with Gasteiger partial charge in [-0.05, 0) is 64.1 Å². The first-order valence-corrected chi connectivity index (χ1v) is 11.1. The van der Waals surface area contributed by atoms with Crippen molar-refractivity contribution in [3.63, 3.8) is 0 Å². The molecule has 7 heteroatoms. The number of rotatable bonds is 6. The first-order valence-electron chi connectivity index (χ1n) is 9.46. The standard InChI is InChI=1S/C23H23Cl2N3OS/c1-14-5-7-22(8-6-14)30-17(4)23(29)27-26-13-18-9-15(2)28(16(18)3)21-11-19(24)10-20(25)12-21/h5-13,17H,1-4H3,(H,27,29)/b26-13-/t17-/m1/s1. The Labute approximate surface area is 191 Å². The van der Waals surface area contributed by atoms with Gasteiger partial charge in [-0.25, -0.2) is 5.43 Å². The molecule has 1 atom stereocenters. The summed E-state index contributed by atoms with van der Waals surface area (Å²) in [4.78, 5) is 13.4. The minimum Gasteiger partial charge on any atom is -0.318 e. The van der Waals surface area contributed by atoms with Gasteiger partial charge in [-0.1, -0.05) is 40.9 Å². The van der Waals surface area contributed by atoms with Gasteiger partial charge in [0.15, 0.2) is 0 Å². The van der Waals surface area contributed by atoms with E-state index in [9.17, 15) is 4.79 Å². The summed E-state index contributed by atoms with van der Waals surface area (Å²) < 4.78 is 2.05. The van der Waals surface area contributed by atoms with Gasteiger partial charge < -0.3 is 4.57 Å². The monoisotopic (exact) mass is 459 g/mol. The molecule has 0 bridgehead atoms. The summed E-state index contributed by atoms with van der Waals surface area (Å²) in [6.45, 7) is 7.89. The van der Waals surface area contributed by atoms with Crippen LogP contribution in [0.15, 0.2) is 58.5 Å². The van der Waals surface area contributed by atoms with Crippen LogP contribution in [-0.2, 0) is 4.79 Å². The van der Waals surface area contributed by atoms with E-state index in [4.69, 9.17) is 23.2 Å². The van der Waals surface area contributed by atoms with Crippen LogP contribution in [0.2, 0.25) is 10.0 Å². The van der Waals surface area contributed by atoms with Crippen molar-refractivity contribution in [3.8, 4) is 5.69 Å². The van der Waals surface area contributed by atoms with Crippen molar-refractivity contribution in [3.05, 3.63) is 81.1 Å². The Kier molecular flexibility index (Phi) is 7.29. The molecule has 0 unspecified atom stereocenters. The third-order valence-electron chi connectivity index (χ3n) is 4.66. The Morgan fingerprint density at radius 1 is 1.07 bits per heavy atom. The average Bonchev–Trinajstić information content (AvgIpc) is 2.96. The summed E-state index contributed by atoms with van der Waals surface area (Å²) in [6, 6.07) is 15.5. The lowest BCUT2D eigenvalue weighted by Crippen LogP contribution is -2.26. The molecule has 1 amide bonds. The van der Waals surface area contributed by atoms with E-state index < -0.39 is 0 Å². The van der Waals surface area contributed by atoms with Gasteiger partial charge in [-0.15, -0.1) is 11.8 Å². The summed E-state index contributed by atoms with van der Waals surface area (Å²) in [7, 11) is 0. The van der Waals surface area contributed by atoms with Crippen molar-refractivity contribution in [1.82, 2.24) is 9.99 Å². The Balaban J connectivity index is 1.69. The minimum absolute atomic E-state index is 0.146. The molecule has 30 heavy (non-hydrogen) atoms. The van der Waals surface area contributed by atoms with E-state index in [0.29, 0.717) is 10.0 Å². The quantitative estimate of drug-likeness (QED) is 0.265. The van der Waals surface area contributed by atoms with Gasteiger partial charge in [0, 0.05) is 37.6 Å². The van der Waals surface area contributed by atoms with Gasteiger partial charge in [0.25, 0.3) is 5.91 Å². The number of carbonyl (C=O) groups is 1. The topological polar surface area (TPSA) is 46.4 Å². The Morgan fingerprint density at radius 3 is 2.33 bits per heavy atom. The maximum absolute atomic E-state index is 12.4. The van der Waals surface area contributed by atoms with Gasteiger partial charge in [0.1, 0.15) is 0 Å². The molecule has 0 aliphatic heterocycles. The van der Waals surface area contributed by atoms with Crippen molar-refractivity contribution in [2.75, 3.05) is 0 Å². The minimum atomic E-state index is -0.258. The van der Waals surface area contributed by atoms with Crippen LogP contribution < -0.4 is 5.43 Å². The summed E-state index contributed by atoms with van der Waals surface area (Å²) in [6.07, 6.45) is 1.66. The second-order valence-electron chi connectivity index (χ2n) is 7.10. The number of thioether (sulfide) groups is 1. The molecule has 2 aromatic carbocycles. The first-order chi connectivity index (χ1) is 14.2. The van der Waals surface area contributed by atoms with Crippen LogP contribution >= 0.6 is 35.0 Å². The molecule has 3 rings (SSSR count). The number of nitrogens with zero attached hydrogens (tertiary/aromatic N) is 2. The summed E-state index contributed by atoms with van der Waals surface area (Å²) >= 11 is 13.8. The maximum Gasteiger partial charge on any atom is 0.253 e. The lowest BCUT2D eigenvalue weighted by Gasteiger charge is -2.11. The molecule has 0 fully saturated rings. The predicted octanol–water partition coefficient (Wildman–Crippen LogP) is 6.34. The number of hydrogen-bond acceptors (Lipinski definition) is 3. The highest BCUT2D eigenvalue weighted by Gasteiger charge is 2.14. The van der Waals surface area contributed by atoms with Crippen LogP contribution in [0.5, 0.6) is 0 Å². The molecule has 156 valence electrons. The lowest BCUT2D eigenvalue weighted by atomic mass is 10.2. The normalized spacial score (nSPS) is 12.3. The van der Waals surface area contributed by atoms with Crippen molar-refractivity contribution < 1.29 is 4.79 Å². The number of benzene rings is 2. The van der Waals surface area contributed by atoms with Crippen LogP contribution in [0.25, 0.3) is 5.69 Å². The molecule has 3 aromatic rings. The van der Waals surface area contributed by atoms with Gasteiger partial charge in [-0.2, -0.15) is 5.10 Å². The van der Waals surface area contributed by atoms with Crippen molar-refractivity contribution in [1.29, 1.82) is 0 Å². The number of halogens is 2. The number of hydrogen-bond donors (Lipinski definition) is 1. The number of carbonyl (C=O) groups excluding carboxylic acids is 1. The number of amides is 1. The maximum atomic E-state index is 12.4. The number of aryl methyl sites for hydroxylation is 2. The van der Waals surface area contributed by atoms with Crippen molar-refractivity contribution in [2.45, 2.75) is 37.8 Å². The SMILES string of the molecule is Cc1ccc(S[C@H](C)C(=O)N/N=C\c2cc(C)n(-c3cc(Cl)cc(Cl)c3)c2C)cc1. The third-order valence-corrected chi connectivity index (χ3v) is 6.21. The highest BCUT2D eigenvalue weighted by Crippen LogP contribution is 2.26. The zero-order chi connectivity index (χ0) is 21.8. The number of nitrogens with one attached hydrogen (secondary N) is 1. The molecule has 4 nitrogen and oxygen atoms in total. The molecule has 1 aromatic heterocycles. The fourth-order valence-corrected chi connectivity index (χ4v) is 4.49. The highest BCUT2D eigenvalue weighted by atomic mass is 35.5. The number of hydrazone groups is 1. The molecule has 0 saturated heterocycles. The van der Waals surface area contributed by atoms with E-state index in [0.717, 1.165) is 27.5 Å². The largest absolute Gasteiger partial charge is 0.318 e. The van der Waals surface area contributed by atoms with Crippen LogP contribution in [0.3, 0.4) is 0 Å². The molecule has 1 N–H and O–H groups in total. The molecule has 1 heterocycles. The van der Waals surface area contributed by atoms with Crippen LogP contribution in [0.4, 0.5) is 0 Å². The lowest BCUT2D eigenvalue weighted by molar-refractivity contribution is -0.120. The van der Waals surface area contributed by atoms with Crippen molar-refractivity contribution in [2.24, 2.45) is 5.10 Å². The van der Waals surface area contributed by atoms with Gasteiger partial charge in [0.05, 0.1) is 11.5 Å². The predicted molar refractivity (Wildman–Crippen MR) is 127 cm³/mol. The Bertz CT molecular complexity index is 1070. The van der Waals surface area contributed by atoms with E-state index in [2.05, 4.69) is 15.1 Å². The van der Waals surface area contributed by atoms with Gasteiger partial charge in [-0.3, -0.25) is 4.79 Å². The van der Waals surface area contributed by atoms with Gasteiger partial charge >= 0.3 is 0 Å². The molecule has 0 aliphatic rings. The third kappa shape index (κ3) is 5.48. The molecular weight excluding hydrogens is 437 g/mol. The molecule has 0 radical (unpaired) electrons. The first kappa shape index (κ1) is 22.5. The fraction of sp³-hybridized carbons (Fsp3) is 0.217. The van der Waals surface area contributed by atoms with E-state index in [1.54, 1.807) is 12.3 Å². The zero-order valence-corrected chi connectivity index (χ0v) is 19.6. The van der Waals surface area contributed by atoms with Crippen molar-refractivity contribution >= 4 is 47.1 Å². The van der Waals surface area contributed by atoms with Crippen LogP contribution in [-0.4, -0.2) is 21.9 Å². The smallest absolute Gasteiger partial charge is 0.253 e. The summed E-state index contributed by atoms with van der Waals surface area (Å²) in [5.74, 6) is -0.146. The Morgan fingerprint density at radius 2 is 1.70 bits per heavy atom. The van der Waals surface area contributed by atoms with Gasteiger partial charge in [0.2, 0.25) is 0 Å². The van der Waals surface area contributed by atoms with Crippen LogP contribution in [0.1, 0.15) is 29.4 Å². The molecule has 0 saturated carbocycles. The Hall–Kier alpha value is -2.21. The molecule has 0 aliphatic carbocycles. The molecule has 0 spiro atoms.